The van der Waals surface area contributed by atoms with Crippen molar-refractivity contribution in [3.63, 3.8) is 0 Å². The lowest BCUT2D eigenvalue weighted by atomic mass is 10.2. The maximum Gasteiger partial charge on any atom is 0.410 e. The normalized spacial score (nSPS) is 23.6. The molecule has 1 atom stereocenters. The Labute approximate surface area is 104 Å². The van der Waals surface area contributed by atoms with Gasteiger partial charge in [0.15, 0.2) is 5.78 Å². The highest BCUT2D eigenvalue weighted by molar-refractivity contribution is 6.79. The van der Waals surface area contributed by atoms with Crippen molar-refractivity contribution in [2.75, 3.05) is 6.17 Å². The number of ether oxygens (including phenoxy) is 1. The Morgan fingerprint density at radius 1 is 1.29 bits per heavy atom. The van der Waals surface area contributed by atoms with Crippen molar-refractivity contribution in [3.05, 3.63) is 0 Å². The Balaban J connectivity index is 2.81. The quantitative estimate of drug-likeness (QED) is 0.678. The zero-order valence-corrected chi connectivity index (χ0v) is 12.7. The zero-order valence-electron chi connectivity index (χ0n) is 11.7. The summed E-state index contributed by atoms with van der Waals surface area (Å²) in [5.41, 5.74) is -0.507. The molecule has 0 aromatic rings. The average molecular weight is 257 g/mol. The van der Waals surface area contributed by atoms with E-state index in [2.05, 4.69) is 13.1 Å². The maximum absolute atomic E-state index is 12.0. The number of nitrogens with zero attached hydrogens (tertiary/aromatic N) is 1. The maximum atomic E-state index is 12.0. The number of carbonyl (C=O) groups is 2. The topological polar surface area (TPSA) is 46.6 Å². The molecule has 0 aromatic carbocycles. The van der Waals surface area contributed by atoms with Gasteiger partial charge >= 0.3 is 6.09 Å². The van der Waals surface area contributed by atoms with Crippen LogP contribution in [0, 0.1) is 0 Å². The van der Waals surface area contributed by atoms with Crippen molar-refractivity contribution >= 4 is 20.0 Å². The van der Waals surface area contributed by atoms with Crippen LogP contribution in [0.1, 0.15) is 27.7 Å². The standard InChI is InChI=1S/C12H23NO3Si/c1-9(14)10-7-17(5,6)8-13(10)11(15)16-12(2,3)4/h10H,7-8H2,1-6H3. The van der Waals surface area contributed by atoms with Crippen LogP contribution in [0.4, 0.5) is 4.79 Å². The van der Waals surface area contributed by atoms with E-state index in [1.165, 1.54) is 0 Å². The molecule has 1 saturated heterocycles. The van der Waals surface area contributed by atoms with E-state index < -0.39 is 13.7 Å². The predicted molar refractivity (Wildman–Crippen MR) is 69.7 cm³/mol. The van der Waals surface area contributed by atoms with Gasteiger partial charge in [-0.05, 0) is 33.7 Å². The molecule has 1 aliphatic heterocycles. The average Bonchev–Trinajstić information content (AvgIpc) is 2.38. The molecule has 1 fully saturated rings. The molecule has 0 radical (unpaired) electrons. The molecule has 1 unspecified atom stereocenters. The van der Waals surface area contributed by atoms with Crippen molar-refractivity contribution in [2.24, 2.45) is 0 Å². The van der Waals surface area contributed by atoms with Crippen molar-refractivity contribution in [2.45, 2.75) is 58.5 Å². The molecule has 5 heteroatoms. The molecule has 0 saturated carbocycles. The zero-order chi connectivity index (χ0) is 13.4. The van der Waals surface area contributed by atoms with Crippen LogP contribution in [0.15, 0.2) is 0 Å². The number of Topliss-reactive ketones (excluding diaryl/α,β-unsaturated/α-hetero) is 1. The van der Waals surface area contributed by atoms with Crippen molar-refractivity contribution in [3.8, 4) is 0 Å². The molecule has 17 heavy (non-hydrogen) atoms. The van der Waals surface area contributed by atoms with Gasteiger partial charge in [0.05, 0.1) is 14.1 Å². The van der Waals surface area contributed by atoms with Gasteiger partial charge in [-0.1, -0.05) is 13.1 Å². The van der Waals surface area contributed by atoms with Gasteiger partial charge in [-0.2, -0.15) is 0 Å². The summed E-state index contributed by atoms with van der Waals surface area (Å²) in [5, 5.41) is 0. The van der Waals surface area contributed by atoms with E-state index in [9.17, 15) is 9.59 Å². The summed E-state index contributed by atoms with van der Waals surface area (Å²) in [6.07, 6.45) is 0.363. The van der Waals surface area contributed by atoms with Gasteiger partial charge in [-0.3, -0.25) is 4.79 Å². The van der Waals surface area contributed by atoms with E-state index in [4.69, 9.17) is 4.74 Å². The number of amides is 1. The first-order valence-electron chi connectivity index (χ1n) is 6.02. The second-order valence-corrected chi connectivity index (χ2v) is 11.7. The van der Waals surface area contributed by atoms with E-state index in [0.29, 0.717) is 6.17 Å². The van der Waals surface area contributed by atoms with Crippen LogP contribution >= 0.6 is 0 Å². The number of hydrogen-bond donors (Lipinski definition) is 0. The SMILES string of the molecule is CC(=O)C1C[Si](C)(C)CN1C(=O)OC(C)(C)C. The first-order chi connectivity index (χ1) is 7.52. The Bertz CT molecular complexity index is 333. The number of rotatable bonds is 1. The molecule has 0 N–H and O–H groups in total. The number of carbonyl (C=O) groups excluding carboxylic acids is 2. The van der Waals surface area contributed by atoms with E-state index in [1.807, 2.05) is 20.8 Å². The van der Waals surface area contributed by atoms with Gasteiger partial charge in [0.1, 0.15) is 5.60 Å². The van der Waals surface area contributed by atoms with E-state index in [-0.39, 0.29) is 17.9 Å². The Hall–Kier alpha value is -0.843. The van der Waals surface area contributed by atoms with Gasteiger partial charge in [-0.15, -0.1) is 0 Å². The Morgan fingerprint density at radius 3 is 2.24 bits per heavy atom. The van der Waals surface area contributed by atoms with Crippen LogP contribution in [0.3, 0.4) is 0 Å². The molecule has 4 nitrogen and oxygen atoms in total. The lowest BCUT2D eigenvalue weighted by Gasteiger charge is -2.27. The third kappa shape index (κ3) is 3.83. The van der Waals surface area contributed by atoms with Crippen molar-refractivity contribution in [1.82, 2.24) is 4.90 Å². The van der Waals surface area contributed by atoms with Crippen LogP contribution in [0.25, 0.3) is 0 Å². The molecular weight excluding hydrogens is 234 g/mol. The molecule has 1 heterocycles. The summed E-state index contributed by atoms with van der Waals surface area (Å²) < 4.78 is 5.35. The highest BCUT2D eigenvalue weighted by Crippen LogP contribution is 2.28. The first kappa shape index (κ1) is 14.2. The first-order valence-corrected chi connectivity index (χ1v) is 9.43. The van der Waals surface area contributed by atoms with Crippen LogP contribution < -0.4 is 0 Å². The molecule has 0 aromatic heterocycles. The van der Waals surface area contributed by atoms with Crippen LogP contribution in [0.2, 0.25) is 19.1 Å². The molecular formula is C12H23NO3Si. The van der Waals surface area contributed by atoms with Crippen molar-refractivity contribution in [1.29, 1.82) is 0 Å². The molecule has 1 rings (SSSR count). The lowest BCUT2D eigenvalue weighted by molar-refractivity contribution is -0.120. The Kier molecular flexibility index (Phi) is 3.71. The molecule has 1 amide bonds. The fraction of sp³-hybridized carbons (Fsp3) is 0.833. The second-order valence-electron chi connectivity index (χ2n) is 6.60. The highest BCUT2D eigenvalue weighted by Gasteiger charge is 2.44. The monoisotopic (exact) mass is 257 g/mol. The second kappa shape index (κ2) is 4.44. The minimum absolute atomic E-state index is 0.0638. The van der Waals surface area contributed by atoms with E-state index >= 15 is 0 Å². The van der Waals surface area contributed by atoms with Gasteiger partial charge in [0.25, 0.3) is 0 Å². The summed E-state index contributed by atoms with van der Waals surface area (Å²) >= 11 is 0. The molecule has 98 valence electrons. The minimum Gasteiger partial charge on any atom is -0.444 e. The van der Waals surface area contributed by atoms with Gasteiger partial charge in [0.2, 0.25) is 0 Å². The number of hydrogen-bond acceptors (Lipinski definition) is 3. The van der Waals surface area contributed by atoms with Crippen LogP contribution in [-0.2, 0) is 9.53 Å². The third-order valence-corrected chi connectivity index (χ3v) is 5.51. The molecule has 1 aliphatic rings. The van der Waals surface area contributed by atoms with Crippen molar-refractivity contribution < 1.29 is 14.3 Å². The largest absolute Gasteiger partial charge is 0.444 e. The highest BCUT2D eigenvalue weighted by atomic mass is 28.3. The van der Waals surface area contributed by atoms with Gasteiger partial charge < -0.3 is 9.64 Å². The lowest BCUT2D eigenvalue weighted by Crippen LogP contribution is -2.43. The summed E-state index contributed by atoms with van der Waals surface area (Å²) in [7, 11) is -1.46. The fourth-order valence-electron chi connectivity index (χ4n) is 2.15. The predicted octanol–water partition coefficient (Wildman–Crippen LogP) is 2.44. The third-order valence-electron chi connectivity index (χ3n) is 2.82. The molecule has 0 aliphatic carbocycles. The molecule has 0 spiro atoms. The Morgan fingerprint density at radius 2 is 1.82 bits per heavy atom. The summed E-state index contributed by atoms with van der Waals surface area (Å²) in [5.74, 6) is 0.0638. The molecule has 0 bridgehead atoms. The van der Waals surface area contributed by atoms with E-state index in [1.54, 1.807) is 11.8 Å². The summed E-state index contributed by atoms with van der Waals surface area (Å²) in [6.45, 7) is 11.5. The van der Waals surface area contributed by atoms with Crippen LogP contribution in [0.5, 0.6) is 0 Å². The fourth-order valence-corrected chi connectivity index (χ4v) is 5.10. The minimum atomic E-state index is -1.46. The van der Waals surface area contributed by atoms with E-state index in [0.717, 1.165) is 6.04 Å². The summed E-state index contributed by atoms with van der Waals surface area (Å²) in [6, 6.07) is 0.577. The van der Waals surface area contributed by atoms with Gasteiger partial charge in [-0.25, -0.2) is 4.79 Å². The number of ketones is 1. The smallest absolute Gasteiger partial charge is 0.410 e. The van der Waals surface area contributed by atoms with Crippen LogP contribution in [-0.4, -0.2) is 42.7 Å². The summed E-state index contributed by atoms with van der Waals surface area (Å²) in [4.78, 5) is 25.2. The van der Waals surface area contributed by atoms with Gasteiger partial charge in [0, 0.05) is 6.17 Å².